The Morgan fingerprint density at radius 1 is 1.60 bits per heavy atom. The smallest absolute Gasteiger partial charge is 0.262 e. The summed E-state index contributed by atoms with van der Waals surface area (Å²) < 4.78 is 5.38. The largest absolute Gasteiger partial charge is 0.442 e. The zero-order valence-corrected chi connectivity index (χ0v) is 11.0. The normalized spacial score (nSPS) is 19.5. The summed E-state index contributed by atoms with van der Waals surface area (Å²) in [7, 11) is 0. The van der Waals surface area contributed by atoms with E-state index in [-0.39, 0.29) is 29.1 Å². The summed E-state index contributed by atoms with van der Waals surface area (Å²) >= 11 is 0. The number of aromatic nitrogens is 2. The molecule has 3 heterocycles. The minimum absolute atomic E-state index is 0.159. The number of furan rings is 1. The van der Waals surface area contributed by atoms with Gasteiger partial charge >= 0.3 is 0 Å². The summed E-state index contributed by atoms with van der Waals surface area (Å²) in [6.07, 6.45) is 2.17. The number of aliphatic hydroxyl groups excluding tert-OH is 1. The Kier molecular flexibility index (Phi) is 3.06. The van der Waals surface area contributed by atoms with Gasteiger partial charge in [0.15, 0.2) is 0 Å². The van der Waals surface area contributed by atoms with Crippen LogP contribution in [0.4, 0.5) is 0 Å². The summed E-state index contributed by atoms with van der Waals surface area (Å²) in [5.41, 5.74) is 0.00312. The molecule has 0 radical (unpaired) electrons. The number of carbonyl (C=O) groups excluding carboxylic acids is 1. The third-order valence-electron chi connectivity index (χ3n) is 3.57. The standard InChI is InChI=1S/C13H15N3O4/c1-7-9(10-11(18)14-6-15-12(10)20-7)13(19)16-4-2-3-8(17)5-16/h6,8,17H,2-5H2,1H3,(H,14,15,18)/t8-/m0/s1. The fourth-order valence-corrected chi connectivity index (χ4v) is 2.61. The Labute approximate surface area is 114 Å². The number of rotatable bonds is 1. The van der Waals surface area contributed by atoms with E-state index >= 15 is 0 Å². The van der Waals surface area contributed by atoms with Crippen LogP contribution in [0.15, 0.2) is 15.5 Å². The highest BCUT2D eigenvalue weighted by molar-refractivity contribution is 6.06. The van der Waals surface area contributed by atoms with E-state index in [0.717, 1.165) is 6.42 Å². The van der Waals surface area contributed by atoms with Crippen molar-refractivity contribution in [3.05, 3.63) is 28.0 Å². The number of amides is 1. The molecule has 1 fully saturated rings. The summed E-state index contributed by atoms with van der Waals surface area (Å²) in [6.45, 7) is 2.48. The molecule has 0 unspecified atom stereocenters. The van der Waals surface area contributed by atoms with Gasteiger partial charge in [0.1, 0.15) is 11.1 Å². The van der Waals surface area contributed by atoms with Crippen LogP contribution < -0.4 is 5.56 Å². The Bertz CT molecular complexity index is 718. The van der Waals surface area contributed by atoms with E-state index in [0.29, 0.717) is 18.7 Å². The monoisotopic (exact) mass is 277 g/mol. The van der Waals surface area contributed by atoms with Gasteiger partial charge in [-0.25, -0.2) is 4.98 Å². The van der Waals surface area contributed by atoms with Gasteiger partial charge in [-0.1, -0.05) is 0 Å². The molecule has 1 amide bonds. The molecule has 2 N–H and O–H groups in total. The van der Waals surface area contributed by atoms with Crippen LogP contribution in [0.3, 0.4) is 0 Å². The highest BCUT2D eigenvalue weighted by atomic mass is 16.3. The molecule has 20 heavy (non-hydrogen) atoms. The number of piperidine rings is 1. The summed E-state index contributed by atoms with van der Waals surface area (Å²) in [5, 5.41) is 9.84. The molecule has 0 bridgehead atoms. The van der Waals surface area contributed by atoms with E-state index in [2.05, 4.69) is 9.97 Å². The van der Waals surface area contributed by atoms with Crippen molar-refractivity contribution in [3.8, 4) is 0 Å². The van der Waals surface area contributed by atoms with Crippen molar-refractivity contribution in [2.24, 2.45) is 0 Å². The number of β-amino-alcohol motifs (C(OH)–C–C–N with tert-alkyl or cyclic N) is 1. The first-order valence-corrected chi connectivity index (χ1v) is 6.52. The van der Waals surface area contributed by atoms with E-state index < -0.39 is 11.7 Å². The van der Waals surface area contributed by atoms with Crippen LogP contribution >= 0.6 is 0 Å². The van der Waals surface area contributed by atoms with Crippen LogP contribution in [0.1, 0.15) is 29.0 Å². The Morgan fingerprint density at radius 3 is 3.15 bits per heavy atom. The van der Waals surface area contributed by atoms with Gasteiger partial charge in [-0.15, -0.1) is 0 Å². The number of aliphatic hydroxyl groups is 1. The van der Waals surface area contributed by atoms with Gasteiger partial charge in [0.25, 0.3) is 11.5 Å². The Hall–Kier alpha value is -2.15. The minimum Gasteiger partial charge on any atom is -0.442 e. The summed E-state index contributed by atoms with van der Waals surface area (Å²) in [6, 6.07) is 0. The van der Waals surface area contributed by atoms with Crippen LogP contribution in [0, 0.1) is 6.92 Å². The van der Waals surface area contributed by atoms with Gasteiger partial charge in [-0.05, 0) is 19.8 Å². The van der Waals surface area contributed by atoms with Crippen molar-refractivity contribution in [2.45, 2.75) is 25.9 Å². The topological polar surface area (TPSA) is 99.4 Å². The second-order valence-electron chi connectivity index (χ2n) is 4.99. The van der Waals surface area contributed by atoms with E-state index in [1.54, 1.807) is 11.8 Å². The molecule has 0 aromatic carbocycles. The van der Waals surface area contributed by atoms with Gasteiger partial charge in [0.05, 0.1) is 18.0 Å². The number of nitrogens with one attached hydrogen (secondary N) is 1. The van der Waals surface area contributed by atoms with Crippen LogP contribution in [-0.4, -0.2) is 45.1 Å². The van der Waals surface area contributed by atoms with Gasteiger partial charge in [-0.2, -0.15) is 0 Å². The number of likely N-dealkylation sites (tertiary alicyclic amines) is 1. The summed E-state index contributed by atoms with van der Waals surface area (Å²) in [4.78, 5) is 32.4. The molecule has 1 aliphatic rings. The molecular weight excluding hydrogens is 262 g/mol. The average Bonchev–Trinajstić information content (AvgIpc) is 2.75. The average molecular weight is 277 g/mol. The number of fused-ring (bicyclic) bond motifs is 1. The van der Waals surface area contributed by atoms with E-state index in [1.165, 1.54) is 6.33 Å². The van der Waals surface area contributed by atoms with Gasteiger partial charge in [-0.3, -0.25) is 9.59 Å². The molecule has 106 valence electrons. The molecule has 0 saturated carbocycles. The molecule has 7 nitrogen and oxygen atoms in total. The molecule has 1 aliphatic heterocycles. The van der Waals surface area contributed by atoms with Gasteiger partial charge < -0.3 is 19.4 Å². The predicted octanol–water partition coefficient (Wildman–Crippen LogP) is 0.421. The third kappa shape index (κ3) is 2.00. The lowest BCUT2D eigenvalue weighted by molar-refractivity contribution is 0.0473. The molecule has 7 heteroatoms. The van der Waals surface area contributed by atoms with Crippen LogP contribution in [0.2, 0.25) is 0 Å². The SMILES string of the molecule is Cc1oc2nc[nH]c(=O)c2c1C(=O)N1CCC[C@H](O)C1. The van der Waals surface area contributed by atoms with Crippen LogP contribution in [0.25, 0.3) is 11.1 Å². The van der Waals surface area contributed by atoms with Gasteiger partial charge in [0.2, 0.25) is 5.71 Å². The van der Waals surface area contributed by atoms with Crippen LogP contribution in [0.5, 0.6) is 0 Å². The first-order chi connectivity index (χ1) is 9.58. The number of aromatic amines is 1. The summed E-state index contributed by atoms with van der Waals surface area (Å²) in [5.74, 6) is 0.0766. The number of hydrogen-bond acceptors (Lipinski definition) is 5. The number of hydrogen-bond donors (Lipinski definition) is 2. The second kappa shape index (κ2) is 4.75. The fourth-order valence-electron chi connectivity index (χ4n) is 2.61. The number of nitrogens with zero attached hydrogens (tertiary/aromatic N) is 2. The fraction of sp³-hybridized carbons (Fsp3) is 0.462. The second-order valence-corrected chi connectivity index (χ2v) is 4.99. The van der Waals surface area contributed by atoms with E-state index in [4.69, 9.17) is 4.42 Å². The van der Waals surface area contributed by atoms with Crippen molar-refractivity contribution >= 4 is 17.0 Å². The van der Waals surface area contributed by atoms with E-state index in [1.807, 2.05) is 0 Å². The van der Waals surface area contributed by atoms with Gasteiger partial charge in [0, 0.05) is 13.1 Å². The molecule has 1 saturated heterocycles. The number of H-pyrrole nitrogens is 1. The lowest BCUT2D eigenvalue weighted by Gasteiger charge is -2.29. The zero-order valence-electron chi connectivity index (χ0n) is 11.0. The minimum atomic E-state index is -0.511. The molecule has 1 atom stereocenters. The Morgan fingerprint density at radius 2 is 2.40 bits per heavy atom. The maximum absolute atomic E-state index is 12.6. The highest BCUT2D eigenvalue weighted by Crippen LogP contribution is 2.23. The maximum Gasteiger partial charge on any atom is 0.262 e. The van der Waals surface area contributed by atoms with Crippen molar-refractivity contribution in [1.29, 1.82) is 0 Å². The third-order valence-corrected chi connectivity index (χ3v) is 3.57. The highest BCUT2D eigenvalue weighted by Gasteiger charge is 2.28. The van der Waals surface area contributed by atoms with E-state index in [9.17, 15) is 14.7 Å². The number of aryl methyl sites for hydroxylation is 1. The van der Waals surface area contributed by atoms with Crippen molar-refractivity contribution in [2.75, 3.05) is 13.1 Å². The first-order valence-electron chi connectivity index (χ1n) is 6.52. The van der Waals surface area contributed by atoms with Crippen molar-refractivity contribution < 1.29 is 14.3 Å². The zero-order chi connectivity index (χ0) is 14.3. The molecule has 0 spiro atoms. The predicted molar refractivity (Wildman–Crippen MR) is 70.5 cm³/mol. The molecule has 3 rings (SSSR count). The molecular formula is C13H15N3O4. The molecule has 0 aliphatic carbocycles. The molecule has 2 aromatic heterocycles. The first kappa shape index (κ1) is 12.9. The maximum atomic E-state index is 12.6. The lowest BCUT2D eigenvalue weighted by atomic mass is 10.1. The number of carbonyl (C=O) groups is 1. The quantitative estimate of drug-likeness (QED) is 0.787. The van der Waals surface area contributed by atoms with Crippen molar-refractivity contribution in [1.82, 2.24) is 14.9 Å². The van der Waals surface area contributed by atoms with Crippen LogP contribution in [-0.2, 0) is 0 Å². The Balaban J connectivity index is 2.07. The van der Waals surface area contributed by atoms with Crippen molar-refractivity contribution in [3.63, 3.8) is 0 Å². The lowest BCUT2D eigenvalue weighted by Crippen LogP contribution is -2.42. The molecule has 2 aromatic rings.